The second kappa shape index (κ2) is 5.15. The Kier molecular flexibility index (Phi) is 4.95. The summed E-state index contributed by atoms with van der Waals surface area (Å²) in [5, 5.41) is 12.0. The Balaban J connectivity index is 4.70. The number of aliphatic hydroxyl groups excluding tert-OH is 1. The maximum atomic E-state index is 12.1. The van der Waals surface area contributed by atoms with E-state index in [2.05, 4.69) is 5.32 Å². The number of carbonyl (C=O) groups excluding carboxylic acids is 1. The first-order valence-corrected chi connectivity index (χ1v) is 5.74. The SMILES string of the molecule is CC(C)[C@@H](CO)NC(=O)C(C)(C)C(C)(C)N. The van der Waals surface area contributed by atoms with Gasteiger partial charge in [-0.15, -0.1) is 0 Å². The lowest BCUT2D eigenvalue weighted by Gasteiger charge is -2.38. The van der Waals surface area contributed by atoms with Crippen molar-refractivity contribution < 1.29 is 9.90 Å². The largest absolute Gasteiger partial charge is 0.394 e. The standard InChI is InChI=1S/C12H26N2O2/c1-8(2)9(7-15)14-10(16)11(3,4)12(5,6)13/h8-9,15H,7,13H2,1-6H3,(H,14,16)/t9-/m1/s1. The molecule has 96 valence electrons. The molecule has 1 amide bonds. The average molecular weight is 230 g/mol. The van der Waals surface area contributed by atoms with Crippen LogP contribution in [-0.2, 0) is 4.79 Å². The Labute approximate surface area is 98.6 Å². The van der Waals surface area contributed by atoms with Gasteiger partial charge in [-0.2, -0.15) is 0 Å². The fourth-order valence-electron chi connectivity index (χ4n) is 1.06. The third kappa shape index (κ3) is 3.46. The molecule has 0 saturated heterocycles. The minimum absolute atomic E-state index is 0.0511. The molecule has 0 unspecified atom stereocenters. The molecule has 1 atom stereocenters. The second-order valence-corrected chi connectivity index (χ2v) is 5.85. The highest BCUT2D eigenvalue weighted by molar-refractivity contribution is 5.83. The monoisotopic (exact) mass is 230 g/mol. The van der Waals surface area contributed by atoms with Crippen molar-refractivity contribution in [2.75, 3.05) is 6.61 Å². The molecule has 0 aromatic rings. The first-order valence-electron chi connectivity index (χ1n) is 5.74. The predicted molar refractivity (Wildman–Crippen MR) is 65.9 cm³/mol. The number of carbonyl (C=O) groups is 1. The quantitative estimate of drug-likeness (QED) is 0.656. The van der Waals surface area contributed by atoms with Gasteiger partial charge >= 0.3 is 0 Å². The van der Waals surface area contributed by atoms with Gasteiger partial charge < -0.3 is 16.2 Å². The lowest BCUT2D eigenvalue weighted by Crippen LogP contribution is -2.58. The molecule has 0 spiro atoms. The van der Waals surface area contributed by atoms with Crippen LogP contribution in [0.5, 0.6) is 0 Å². The van der Waals surface area contributed by atoms with Crippen molar-refractivity contribution in [3.8, 4) is 0 Å². The van der Waals surface area contributed by atoms with Crippen molar-refractivity contribution in [2.45, 2.75) is 53.1 Å². The van der Waals surface area contributed by atoms with Gasteiger partial charge in [-0.3, -0.25) is 4.79 Å². The van der Waals surface area contributed by atoms with Gasteiger partial charge in [-0.1, -0.05) is 13.8 Å². The normalized spacial score (nSPS) is 15.1. The molecule has 0 fully saturated rings. The van der Waals surface area contributed by atoms with Crippen LogP contribution < -0.4 is 11.1 Å². The first kappa shape index (κ1) is 15.4. The van der Waals surface area contributed by atoms with Gasteiger partial charge in [-0.25, -0.2) is 0 Å². The Bertz CT molecular complexity index is 242. The fourth-order valence-corrected chi connectivity index (χ4v) is 1.06. The summed E-state index contributed by atoms with van der Waals surface area (Å²) in [6, 6.07) is -0.214. The number of nitrogens with one attached hydrogen (secondary N) is 1. The summed E-state index contributed by atoms with van der Waals surface area (Å²) in [5.41, 5.74) is 4.71. The highest BCUT2D eigenvalue weighted by atomic mass is 16.3. The summed E-state index contributed by atoms with van der Waals surface area (Å²) in [6.07, 6.45) is 0. The number of hydrogen-bond donors (Lipinski definition) is 3. The summed E-state index contributed by atoms with van der Waals surface area (Å²) < 4.78 is 0. The third-order valence-electron chi connectivity index (χ3n) is 3.50. The molecule has 4 heteroatoms. The molecule has 4 N–H and O–H groups in total. The lowest BCUT2D eigenvalue weighted by molar-refractivity contribution is -0.133. The van der Waals surface area contributed by atoms with Crippen LogP contribution in [0, 0.1) is 11.3 Å². The van der Waals surface area contributed by atoms with Crippen molar-refractivity contribution in [3.63, 3.8) is 0 Å². The van der Waals surface area contributed by atoms with E-state index in [0.717, 1.165) is 0 Å². The molecule has 0 rings (SSSR count). The molecule has 0 aliphatic rings. The van der Waals surface area contributed by atoms with Crippen LogP contribution in [0.1, 0.15) is 41.5 Å². The fraction of sp³-hybridized carbons (Fsp3) is 0.917. The summed E-state index contributed by atoms with van der Waals surface area (Å²) in [4.78, 5) is 12.1. The Morgan fingerprint density at radius 2 is 1.75 bits per heavy atom. The van der Waals surface area contributed by atoms with E-state index in [0.29, 0.717) is 0 Å². The highest BCUT2D eigenvalue weighted by Crippen LogP contribution is 2.28. The van der Waals surface area contributed by atoms with Gasteiger partial charge in [0.2, 0.25) is 5.91 Å². The minimum Gasteiger partial charge on any atom is -0.394 e. The first-order chi connectivity index (χ1) is 7.04. The van der Waals surface area contributed by atoms with E-state index in [9.17, 15) is 4.79 Å². The number of aliphatic hydroxyl groups is 1. The maximum absolute atomic E-state index is 12.1. The van der Waals surface area contributed by atoms with E-state index < -0.39 is 11.0 Å². The zero-order chi connectivity index (χ0) is 13.1. The summed E-state index contributed by atoms with van der Waals surface area (Å²) in [5.74, 6) is 0.0818. The number of nitrogens with two attached hydrogens (primary N) is 1. The molecule has 0 saturated carbocycles. The van der Waals surface area contributed by atoms with Crippen LogP contribution in [0.3, 0.4) is 0 Å². The molecule has 0 aliphatic carbocycles. The van der Waals surface area contributed by atoms with E-state index in [1.807, 2.05) is 41.5 Å². The van der Waals surface area contributed by atoms with Crippen LogP contribution in [0.25, 0.3) is 0 Å². The van der Waals surface area contributed by atoms with Crippen molar-refractivity contribution in [1.29, 1.82) is 0 Å². The molecule has 0 aliphatic heterocycles. The molecule has 0 aromatic carbocycles. The molecule has 16 heavy (non-hydrogen) atoms. The van der Waals surface area contributed by atoms with Crippen molar-refractivity contribution in [2.24, 2.45) is 17.1 Å². The predicted octanol–water partition coefficient (Wildman–Crippen LogP) is 0.883. The summed E-state index contributed by atoms with van der Waals surface area (Å²) >= 11 is 0. The van der Waals surface area contributed by atoms with E-state index in [1.54, 1.807) is 0 Å². The van der Waals surface area contributed by atoms with Crippen molar-refractivity contribution in [3.05, 3.63) is 0 Å². The molecular weight excluding hydrogens is 204 g/mol. The smallest absolute Gasteiger partial charge is 0.227 e. The molecule has 0 radical (unpaired) electrons. The van der Waals surface area contributed by atoms with Crippen molar-refractivity contribution in [1.82, 2.24) is 5.32 Å². The van der Waals surface area contributed by atoms with Crippen molar-refractivity contribution >= 4 is 5.91 Å². The third-order valence-corrected chi connectivity index (χ3v) is 3.50. The maximum Gasteiger partial charge on any atom is 0.227 e. The number of hydrogen-bond acceptors (Lipinski definition) is 3. The summed E-state index contributed by atoms with van der Waals surface area (Å²) in [7, 11) is 0. The molecular formula is C12H26N2O2. The van der Waals surface area contributed by atoms with E-state index in [4.69, 9.17) is 10.8 Å². The van der Waals surface area contributed by atoms with Crippen LogP contribution in [0.15, 0.2) is 0 Å². The van der Waals surface area contributed by atoms with Gasteiger partial charge in [0.1, 0.15) is 0 Å². The van der Waals surface area contributed by atoms with E-state index in [1.165, 1.54) is 0 Å². The van der Waals surface area contributed by atoms with Gasteiger partial charge in [0.25, 0.3) is 0 Å². The van der Waals surface area contributed by atoms with Crippen LogP contribution >= 0.6 is 0 Å². The van der Waals surface area contributed by atoms with Gasteiger partial charge in [0, 0.05) is 5.54 Å². The summed E-state index contributed by atoms with van der Waals surface area (Å²) in [6.45, 7) is 11.2. The lowest BCUT2D eigenvalue weighted by atomic mass is 9.74. The van der Waals surface area contributed by atoms with E-state index >= 15 is 0 Å². The topological polar surface area (TPSA) is 75.3 Å². The van der Waals surface area contributed by atoms with Crippen LogP contribution in [0.4, 0.5) is 0 Å². The minimum atomic E-state index is -0.671. The zero-order valence-corrected chi connectivity index (χ0v) is 11.3. The number of rotatable bonds is 5. The molecule has 4 nitrogen and oxygen atoms in total. The van der Waals surface area contributed by atoms with E-state index in [-0.39, 0.29) is 24.5 Å². The molecule has 0 heterocycles. The average Bonchev–Trinajstić information content (AvgIpc) is 2.11. The Morgan fingerprint density at radius 1 is 1.31 bits per heavy atom. The number of amides is 1. The highest BCUT2D eigenvalue weighted by Gasteiger charge is 2.41. The Morgan fingerprint density at radius 3 is 2.00 bits per heavy atom. The zero-order valence-electron chi connectivity index (χ0n) is 11.3. The Hall–Kier alpha value is -0.610. The second-order valence-electron chi connectivity index (χ2n) is 5.85. The van der Waals surface area contributed by atoms with Gasteiger partial charge in [0.15, 0.2) is 0 Å². The van der Waals surface area contributed by atoms with Gasteiger partial charge in [-0.05, 0) is 33.6 Å². The molecule has 0 aromatic heterocycles. The van der Waals surface area contributed by atoms with Gasteiger partial charge in [0.05, 0.1) is 18.1 Å². The van der Waals surface area contributed by atoms with Crippen LogP contribution in [-0.4, -0.2) is 29.2 Å². The van der Waals surface area contributed by atoms with Crippen LogP contribution in [0.2, 0.25) is 0 Å². The molecule has 0 bridgehead atoms.